The first-order valence-corrected chi connectivity index (χ1v) is 9.55. The number of nitrogens with one attached hydrogen (secondary N) is 3. The Balaban J connectivity index is 2.63. The van der Waals surface area contributed by atoms with Crippen LogP contribution in [0.25, 0.3) is 0 Å². The second-order valence-electron chi connectivity index (χ2n) is 8.82. The van der Waals surface area contributed by atoms with Crippen molar-refractivity contribution in [3.05, 3.63) is 29.3 Å². The summed E-state index contributed by atoms with van der Waals surface area (Å²) in [5, 5.41) is 9.48. The number of hydrogen-bond acceptors (Lipinski definition) is 4. The van der Waals surface area contributed by atoms with Gasteiger partial charge in [-0.2, -0.15) is 0 Å². The number of anilines is 1. The van der Waals surface area contributed by atoms with Crippen LogP contribution in [0.1, 0.15) is 45.7 Å². The third kappa shape index (κ3) is 8.50. The van der Waals surface area contributed by atoms with E-state index in [4.69, 9.17) is 4.74 Å². The van der Waals surface area contributed by atoms with Crippen molar-refractivity contribution in [3.8, 4) is 0 Å². The number of nitrogens with zero attached hydrogens (tertiary/aromatic N) is 2. The zero-order valence-corrected chi connectivity index (χ0v) is 18.9. The molecule has 3 N–H and O–H groups in total. The first-order chi connectivity index (χ1) is 12.8. The Morgan fingerprint density at radius 1 is 1.14 bits per heavy atom. The largest absolute Gasteiger partial charge is 0.444 e. The molecule has 0 aromatic heterocycles. The molecule has 158 valence electrons. The van der Waals surface area contributed by atoms with Crippen LogP contribution in [0, 0.1) is 6.92 Å². The minimum atomic E-state index is -0.524. The molecule has 1 rings (SSSR count). The van der Waals surface area contributed by atoms with Crippen LogP contribution in [0.15, 0.2) is 23.2 Å². The number of carbonyl (C=O) groups is 1. The Kier molecular flexibility index (Phi) is 8.14. The average Bonchev–Trinajstić information content (AvgIpc) is 2.53. The number of aliphatic imine (C=N–C) groups is 1. The highest BCUT2D eigenvalue weighted by Gasteiger charge is 2.24. The van der Waals surface area contributed by atoms with Crippen LogP contribution in [0.3, 0.4) is 0 Å². The van der Waals surface area contributed by atoms with E-state index in [2.05, 4.69) is 51.0 Å². The molecule has 0 aliphatic rings. The molecule has 0 fully saturated rings. The van der Waals surface area contributed by atoms with Crippen molar-refractivity contribution in [3.63, 3.8) is 0 Å². The van der Waals surface area contributed by atoms with Gasteiger partial charge in [0, 0.05) is 39.9 Å². The molecular weight excluding hydrogens is 354 g/mol. The van der Waals surface area contributed by atoms with Crippen molar-refractivity contribution in [2.24, 2.45) is 4.99 Å². The van der Waals surface area contributed by atoms with Gasteiger partial charge in [0.05, 0.1) is 5.54 Å². The van der Waals surface area contributed by atoms with E-state index in [1.54, 1.807) is 7.05 Å². The zero-order valence-electron chi connectivity index (χ0n) is 18.9. The second-order valence-corrected chi connectivity index (χ2v) is 8.82. The van der Waals surface area contributed by atoms with E-state index in [0.717, 1.165) is 0 Å². The molecular formula is C21H37N5O2. The first-order valence-electron chi connectivity index (χ1n) is 9.55. The number of alkyl carbamates (subject to hydrolysis) is 1. The molecule has 0 aliphatic heterocycles. The number of guanidine groups is 1. The van der Waals surface area contributed by atoms with Gasteiger partial charge < -0.3 is 25.6 Å². The lowest BCUT2D eigenvalue weighted by Gasteiger charge is -2.29. The van der Waals surface area contributed by atoms with Gasteiger partial charge in [-0.25, -0.2) is 4.79 Å². The third-order valence-corrected chi connectivity index (χ3v) is 3.93. The monoisotopic (exact) mass is 391 g/mol. The molecule has 0 aliphatic carbocycles. The predicted octanol–water partition coefficient (Wildman–Crippen LogP) is 3.03. The van der Waals surface area contributed by atoms with E-state index in [9.17, 15) is 4.79 Å². The minimum absolute atomic E-state index is 0.433. The lowest BCUT2D eigenvalue weighted by Crippen LogP contribution is -2.54. The zero-order chi connectivity index (χ0) is 21.5. The Hall–Kier alpha value is -2.44. The van der Waals surface area contributed by atoms with Crippen LogP contribution in [0.4, 0.5) is 10.5 Å². The highest BCUT2D eigenvalue weighted by Crippen LogP contribution is 2.20. The summed E-state index contributed by atoms with van der Waals surface area (Å²) in [6.07, 6.45) is -0.433. The molecule has 0 bridgehead atoms. The fourth-order valence-corrected chi connectivity index (χ4v) is 2.57. The van der Waals surface area contributed by atoms with Crippen LogP contribution >= 0.6 is 0 Å². The molecule has 7 heteroatoms. The molecule has 0 radical (unpaired) electrons. The summed E-state index contributed by atoms with van der Waals surface area (Å²) in [5.74, 6) is 0.671. The first kappa shape index (κ1) is 23.6. The van der Waals surface area contributed by atoms with Crippen molar-refractivity contribution in [1.82, 2.24) is 16.0 Å². The third-order valence-electron chi connectivity index (χ3n) is 3.93. The lowest BCUT2D eigenvalue weighted by atomic mass is 10.1. The highest BCUT2D eigenvalue weighted by molar-refractivity contribution is 5.80. The van der Waals surface area contributed by atoms with Gasteiger partial charge >= 0.3 is 6.09 Å². The van der Waals surface area contributed by atoms with Gasteiger partial charge in [0.1, 0.15) is 5.60 Å². The summed E-state index contributed by atoms with van der Waals surface area (Å²) in [7, 11) is 5.80. The summed E-state index contributed by atoms with van der Waals surface area (Å²) in [6.45, 7) is 12.6. The van der Waals surface area contributed by atoms with E-state index in [-0.39, 0.29) is 0 Å². The number of benzene rings is 1. The maximum atomic E-state index is 12.0. The predicted molar refractivity (Wildman–Crippen MR) is 117 cm³/mol. The smallest absolute Gasteiger partial charge is 0.408 e. The molecule has 0 saturated carbocycles. The Bertz CT molecular complexity index is 691. The summed E-state index contributed by atoms with van der Waals surface area (Å²) in [5.41, 5.74) is 2.56. The quantitative estimate of drug-likeness (QED) is 0.513. The highest BCUT2D eigenvalue weighted by atomic mass is 16.6. The van der Waals surface area contributed by atoms with Gasteiger partial charge in [-0.05, 0) is 58.7 Å². The SMILES string of the molecule is CN=C(NCc1ccc(C)cc1N(C)C)NCC(C)(C)NC(=O)OC(C)(C)C. The summed E-state index contributed by atoms with van der Waals surface area (Å²) >= 11 is 0. The number of carbonyl (C=O) groups excluding carboxylic acids is 1. The van der Waals surface area contributed by atoms with Gasteiger partial charge in [0.25, 0.3) is 0 Å². The van der Waals surface area contributed by atoms with Crippen molar-refractivity contribution in [2.75, 3.05) is 32.6 Å². The maximum Gasteiger partial charge on any atom is 0.408 e. The maximum absolute atomic E-state index is 12.0. The van der Waals surface area contributed by atoms with E-state index in [1.165, 1.54) is 16.8 Å². The van der Waals surface area contributed by atoms with Crippen LogP contribution < -0.4 is 20.9 Å². The molecule has 0 heterocycles. The number of ether oxygens (including phenoxy) is 1. The van der Waals surface area contributed by atoms with Crippen LogP contribution in [-0.4, -0.2) is 50.9 Å². The minimum Gasteiger partial charge on any atom is -0.444 e. The fourth-order valence-electron chi connectivity index (χ4n) is 2.57. The standard InChI is InChI=1S/C21H37N5O2/c1-15-10-11-16(17(12-15)26(8)9)13-23-18(22-7)24-14-21(5,6)25-19(27)28-20(2,3)4/h10-12H,13-14H2,1-9H3,(H,25,27)(H2,22,23,24). The van der Waals surface area contributed by atoms with Crippen molar-refractivity contribution in [1.29, 1.82) is 0 Å². The van der Waals surface area contributed by atoms with Crippen LogP contribution in [0.5, 0.6) is 0 Å². The number of hydrogen-bond donors (Lipinski definition) is 3. The number of rotatable bonds is 6. The Labute approximate surface area is 169 Å². The lowest BCUT2D eigenvalue weighted by molar-refractivity contribution is 0.0474. The molecule has 0 saturated heterocycles. The van der Waals surface area contributed by atoms with E-state index < -0.39 is 17.2 Å². The molecule has 0 spiro atoms. The van der Waals surface area contributed by atoms with Gasteiger partial charge in [0.2, 0.25) is 0 Å². The van der Waals surface area contributed by atoms with Crippen molar-refractivity contribution in [2.45, 2.75) is 59.2 Å². The fraction of sp³-hybridized carbons (Fsp3) is 0.619. The van der Waals surface area contributed by atoms with Gasteiger partial charge in [0.15, 0.2) is 5.96 Å². The molecule has 1 aromatic rings. The van der Waals surface area contributed by atoms with E-state index >= 15 is 0 Å². The summed E-state index contributed by atoms with van der Waals surface area (Å²) in [6, 6.07) is 6.40. The van der Waals surface area contributed by atoms with Crippen molar-refractivity contribution >= 4 is 17.7 Å². The van der Waals surface area contributed by atoms with Crippen LogP contribution in [-0.2, 0) is 11.3 Å². The van der Waals surface area contributed by atoms with Gasteiger partial charge in [-0.1, -0.05) is 12.1 Å². The van der Waals surface area contributed by atoms with Crippen molar-refractivity contribution < 1.29 is 9.53 Å². The Morgan fingerprint density at radius 3 is 2.32 bits per heavy atom. The molecule has 28 heavy (non-hydrogen) atoms. The Morgan fingerprint density at radius 2 is 1.79 bits per heavy atom. The average molecular weight is 392 g/mol. The van der Waals surface area contributed by atoms with Gasteiger partial charge in [-0.15, -0.1) is 0 Å². The topological polar surface area (TPSA) is 78.0 Å². The van der Waals surface area contributed by atoms with E-state index in [1.807, 2.05) is 48.7 Å². The normalized spacial score (nSPS) is 12.4. The summed E-state index contributed by atoms with van der Waals surface area (Å²) < 4.78 is 5.33. The van der Waals surface area contributed by atoms with Gasteiger partial charge in [-0.3, -0.25) is 4.99 Å². The number of aryl methyl sites for hydroxylation is 1. The van der Waals surface area contributed by atoms with E-state index in [0.29, 0.717) is 19.0 Å². The second kappa shape index (κ2) is 9.66. The summed E-state index contributed by atoms with van der Waals surface area (Å²) in [4.78, 5) is 18.4. The molecule has 0 atom stereocenters. The van der Waals surface area contributed by atoms with Crippen LogP contribution in [0.2, 0.25) is 0 Å². The molecule has 0 unspecified atom stereocenters. The molecule has 7 nitrogen and oxygen atoms in total. The number of amides is 1. The molecule has 1 aromatic carbocycles. The molecule has 1 amide bonds.